The van der Waals surface area contributed by atoms with E-state index in [2.05, 4.69) is 4.98 Å². The van der Waals surface area contributed by atoms with Gasteiger partial charge in [0.05, 0.1) is 11.6 Å². The molecule has 29 heavy (non-hydrogen) atoms. The van der Waals surface area contributed by atoms with Gasteiger partial charge in [-0.05, 0) is 36.2 Å². The number of Topliss-reactive ketones (excluding diaryl/α,β-unsaturated/α-hetero) is 1. The van der Waals surface area contributed by atoms with Crippen molar-refractivity contribution in [2.24, 2.45) is 0 Å². The number of hydrogen-bond acceptors (Lipinski definition) is 6. The molecule has 7 nitrogen and oxygen atoms in total. The second-order valence-corrected chi connectivity index (χ2v) is 6.99. The summed E-state index contributed by atoms with van der Waals surface area (Å²) in [5, 5.41) is 10.9. The van der Waals surface area contributed by atoms with Crippen molar-refractivity contribution in [1.82, 2.24) is 9.88 Å². The Morgan fingerprint density at radius 3 is 2.59 bits per heavy atom. The van der Waals surface area contributed by atoms with Crippen molar-refractivity contribution >= 4 is 17.4 Å². The van der Waals surface area contributed by atoms with Crippen molar-refractivity contribution in [2.75, 3.05) is 19.8 Å². The van der Waals surface area contributed by atoms with Gasteiger partial charge in [0.2, 0.25) is 0 Å². The number of benzene rings is 1. The highest BCUT2D eigenvalue weighted by Gasteiger charge is 2.46. The third-order valence-corrected chi connectivity index (χ3v) is 5.13. The Morgan fingerprint density at radius 2 is 1.86 bits per heavy atom. The first-order chi connectivity index (χ1) is 14.1. The van der Waals surface area contributed by atoms with Crippen LogP contribution >= 0.6 is 0 Å². The largest absolute Gasteiger partial charge is 0.507 e. The van der Waals surface area contributed by atoms with E-state index in [1.165, 1.54) is 17.3 Å². The zero-order chi connectivity index (χ0) is 20.4. The molecule has 0 spiro atoms. The van der Waals surface area contributed by atoms with E-state index in [9.17, 15) is 14.7 Å². The van der Waals surface area contributed by atoms with Gasteiger partial charge in [-0.2, -0.15) is 0 Å². The predicted molar refractivity (Wildman–Crippen MR) is 106 cm³/mol. The Labute approximate surface area is 168 Å². The maximum atomic E-state index is 12.9. The number of likely N-dealkylation sites (tertiary alicyclic amines) is 1. The van der Waals surface area contributed by atoms with Gasteiger partial charge in [0.1, 0.15) is 19.0 Å². The topological polar surface area (TPSA) is 89.0 Å². The number of nitrogens with zero attached hydrogens (tertiary/aromatic N) is 2. The fourth-order valence-corrected chi connectivity index (χ4v) is 3.68. The Hall–Kier alpha value is -3.35. The Bertz CT molecular complexity index is 970. The average molecular weight is 394 g/mol. The van der Waals surface area contributed by atoms with Crippen LogP contribution in [0.4, 0.5) is 0 Å². The van der Waals surface area contributed by atoms with Gasteiger partial charge in [-0.3, -0.25) is 14.6 Å². The number of fused-ring (bicyclic) bond motifs is 1. The molecule has 1 fully saturated rings. The highest BCUT2D eigenvalue weighted by Crippen LogP contribution is 2.42. The van der Waals surface area contributed by atoms with Crippen LogP contribution in [-0.2, 0) is 9.59 Å². The molecule has 1 aromatic heterocycles. The van der Waals surface area contributed by atoms with E-state index in [1.54, 1.807) is 24.3 Å². The van der Waals surface area contributed by atoms with Crippen LogP contribution < -0.4 is 9.47 Å². The van der Waals surface area contributed by atoms with Gasteiger partial charge in [0.25, 0.3) is 11.7 Å². The minimum atomic E-state index is -0.689. The van der Waals surface area contributed by atoms with Crippen LogP contribution in [0.5, 0.6) is 11.5 Å². The fraction of sp³-hybridized carbons (Fsp3) is 0.318. The monoisotopic (exact) mass is 394 g/mol. The molecule has 0 aliphatic carbocycles. The van der Waals surface area contributed by atoms with E-state index in [-0.39, 0.29) is 11.3 Å². The van der Waals surface area contributed by atoms with Crippen molar-refractivity contribution in [3.8, 4) is 11.5 Å². The zero-order valence-corrected chi connectivity index (χ0v) is 16.1. The molecule has 7 heteroatoms. The molecule has 1 aromatic carbocycles. The lowest BCUT2D eigenvalue weighted by Gasteiger charge is -2.26. The molecule has 2 aliphatic heterocycles. The molecule has 0 bridgehead atoms. The third-order valence-electron chi connectivity index (χ3n) is 5.13. The summed E-state index contributed by atoms with van der Waals surface area (Å²) >= 11 is 0. The number of hydrogen-bond donors (Lipinski definition) is 1. The number of aliphatic hydroxyl groups excluding tert-OH is 1. The van der Waals surface area contributed by atoms with E-state index in [0.717, 1.165) is 12.8 Å². The lowest BCUT2D eigenvalue weighted by atomic mass is 9.95. The average Bonchev–Trinajstić information content (AvgIpc) is 3.02. The van der Waals surface area contributed by atoms with Crippen LogP contribution in [0.3, 0.4) is 0 Å². The van der Waals surface area contributed by atoms with E-state index in [4.69, 9.17) is 9.47 Å². The smallest absolute Gasteiger partial charge is 0.295 e. The minimum absolute atomic E-state index is 0.0778. The maximum Gasteiger partial charge on any atom is 0.295 e. The van der Waals surface area contributed by atoms with E-state index >= 15 is 0 Å². The highest BCUT2D eigenvalue weighted by molar-refractivity contribution is 6.46. The number of rotatable bonds is 5. The summed E-state index contributed by atoms with van der Waals surface area (Å²) in [6.07, 6.45) is 4.69. The van der Waals surface area contributed by atoms with E-state index in [0.29, 0.717) is 42.4 Å². The zero-order valence-electron chi connectivity index (χ0n) is 16.1. The molecule has 2 aromatic rings. The normalized spacial score (nSPS) is 20.2. The standard InChI is InChI=1S/C22H22N2O5/c1-2-3-10-24-19(15-4-5-16-17(13-15)29-12-11-28-16)18(21(26)22(24)27)20(25)14-6-8-23-9-7-14/h4-9,13,19,25H,2-3,10-12H2,1H3/b20-18-. The number of aromatic nitrogens is 1. The number of unbranched alkanes of at least 4 members (excludes halogenated alkanes) is 1. The summed E-state index contributed by atoms with van der Waals surface area (Å²) in [5.74, 6) is -0.299. The molecule has 1 amide bonds. The summed E-state index contributed by atoms with van der Waals surface area (Å²) in [5.41, 5.74) is 1.21. The predicted octanol–water partition coefficient (Wildman–Crippen LogP) is 3.07. The Morgan fingerprint density at radius 1 is 1.14 bits per heavy atom. The first-order valence-electron chi connectivity index (χ1n) is 9.70. The Kier molecular flexibility index (Phi) is 5.20. The lowest BCUT2D eigenvalue weighted by molar-refractivity contribution is -0.139. The molecule has 0 saturated carbocycles. The molecule has 1 saturated heterocycles. The number of aliphatic hydroxyl groups is 1. The van der Waals surface area contributed by atoms with Crippen LogP contribution in [-0.4, -0.2) is 46.4 Å². The van der Waals surface area contributed by atoms with Crippen molar-refractivity contribution in [2.45, 2.75) is 25.8 Å². The maximum absolute atomic E-state index is 12.9. The molecule has 1 N–H and O–H groups in total. The van der Waals surface area contributed by atoms with Crippen molar-refractivity contribution < 1.29 is 24.2 Å². The molecule has 4 rings (SSSR count). The number of pyridine rings is 1. The molecule has 1 unspecified atom stereocenters. The van der Waals surface area contributed by atoms with Crippen molar-refractivity contribution in [1.29, 1.82) is 0 Å². The van der Waals surface area contributed by atoms with Gasteiger partial charge in [-0.25, -0.2) is 0 Å². The van der Waals surface area contributed by atoms with E-state index in [1.807, 2.05) is 13.0 Å². The molecule has 150 valence electrons. The van der Waals surface area contributed by atoms with Gasteiger partial charge in [-0.1, -0.05) is 19.4 Å². The fourth-order valence-electron chi connectivity index (χ4n) is 3.68. The number of carbonyl (C=O) groups excluding carboxylic acids is 2. The minimum Gasteiger partial charge on any atom is -0.507 e. The van der Waals surface area contributed by atoms with Crippen molar-refractivity contribution in [3.05, 3.63) is 59.4 Å². The van der Waals surface area contributed by atoms with Gasteiger partial charge in [0.15, 0.2) is 11.5 Å². The third kappa shape index (κ3) is 3.44. The molecular weight excluding hydrogens is 372 g/mol. The summed E-state index contributed by atoms with van der Waals surface area (Å²) in [6, 6.07) is 7.89. The SMILES string of the molecule is CCCCN1C(=O)C(=O)/C(=C(\O)c2ccncc2)C1c1ccc2c(c1)OCCO2. The molecule has 2 aliphatic rings. The number of carbonyl (C=O) groups is 2. The summed E-state index contributed by atoms with van der Waals surface area (Å²) in [7, 11) is 0. The second-order valence-electron chi connectivity index (χ2n) is 6.99. The van der Waals surface area contributed by atoms with Crippen LogP contribution in [0.15, 0.2) is 48.3 Å². The molecule has 3 heterocycles. The Balaban J connectivity index is 1.84. The molecular formula is C22H22N2O5. The van der Waals surface area contributed by atoms with Crippen LogP contribution in [0.1, 0.15) is 36.9 Å². The highest BCUT2D eigenvalue weighted by atomic mass is 16.6. The quantitative estimate of drug-likeness (QED) is 0.476. The second kappa shape index (κ2) is 7.95. The van der Waals surface area contributed by atoms with Gasteiger partial charge < -0.3 is 19.5 Å². The first-order valence-corrected chi connectivity index (χ1v) is 9.70. The molecule has 0 radical (unpaired) electrons. The first kappa shape index (κ1) is 19.0. The van der Waals surface area contributed by atoms with E-state index < -0.39 is 17.7 Å². The van der Waals surface area contributed by atoms with Crippen LogP contribution in [0.2, 0.25) is 0 Å². The number of amides is 1. The number of ether oxygens (including phenoxy) is 2. The summed E-state index contributed by atoms with van der Waals surface area (Å²) in [4.78, 5) is 31.2. The van der Waals surface area contributed by atoms with Gasteiger partial charge >= 0.3 is 0 Å². The van der Waals surface area contributed by atoms with Gasteiger partial charge in [0, 0.05) is 24.5 Å². The summed E-state index contributed by atoms with van der Waals surface area (Å²) < 4.78 is 11.3. The lowest BCUT2D eigenvalue weighted by Crippen LogP contribution is -2.30. The van der Waals surface area contributed by atoms with Crippen LogP contribution in [0.25, 0.3) is 5.76 Å². The molecule has 1 atom stereocenters. The number of ketones is 1. The van der Waals surface area contributed by atoms with Crippen molar-refractivity contribution in [3.63, 3.8) is 0 Å². The summed E-state index contributed by atoms with van der Waals surface area (Å²) in [6.45, 7) is 3.35. The van der Waals surface area contributed by atoms with Gasteiger partial charge in [-0.15, -0.1) is 0 Å². The van der Waals surface area contributed by atoms with Crippen LogP contribution in [0, 0.1) is 0 Å².